The van der Waals surface area contributed by atoms with Crippen LogP contribution in [0.5, 0.6) is 5.75 Å². The fourth-order valence-electron chi connectivity index (χ4n) is 2.13. The summed E-state index contributed by atoms with van der Waals surface area (Å²) in [5.41, 5.74) is 2.71. The fourth-order valence-corrected chi connectivity index (χ4v) is 2.73. The summed E-state index contributed by atoms with van der Waals surface area (Å²) in [6, 6.07) is 18.9. The van der Waals surface area contributed by atoms with Gasteiger partial charge in [-0.1, -0.05) is 58.4 Å². The predicted octanol–water partition coefficient (Wildman–Crippen LogP) is 4.63. The SMILES string of the molecule is COc1cccc(CC(Br)CCc2ccccc2)c1. The van der Waals surface area contributed by atoms with Crippen LogP contribution in [-0.4, -0.2) is 11.9 Å². The Bertz CT molecular complexity index is 496. The van der Waals surface area contributed by atoms with Crippen molar-refractivity contribution >= 4 is 15.9 Å². The molecule has 0 amide bonds. The van der Waals surface area contributed by atoms with Crippen LogP contribution in [0.4, 0.5) is 0 Å². The van der Waals surface area contributed by atoms with Gasteiger partial charge in [-0.15, -0.1) is 0 Å². The summed E-state index contributed by atoms with van der Waals surface area (Å²) in [7, 11) is 1.71. The number of aryl methyl sites for hydroxylation is 1. The van der Waals surface area contributed by atoms with E-state index in [4.69, 9.17) is 4.74 Å². The van der Waals surface area contributed by atoms with E-state index in [2.05, 4.69) is 58.4 Å². The van der Waals surface area contributed by atoms with Gasteiger partial charge in [-0.2, -0.15) is 0 Å². The molecule has 0 radical (unpaired) electrons. The van der Waals surface area contributed by atoms with Crippen LogP contribution in [-0.2, 0) is 12.8 Å². The Morgan fingerprint density at radius 3 is 2.47 bits per heavy atom. The van der Waals surface area contributed by atoms with Crippen LogP contribution in [0.25, 0.3) is 0 Å². The molecule has 0 saturated carbocycles. The number of alkyl halides is 1. The Hall–Kier alpha value is -1.28. The molecular formula is C17H19BrO. The van der Waals surface area contributed by atoms with Crippen LogP contribution in [0.15, 0.2) is 54.6 Å². The zero-order chi connectivity index (χ0) is 13.5. The van der Waals surface area contributed by atoms with E-state index in [9.17, 15) is 0 Å². The van der Waals surface area contributed by atoms with Crippen molar-refractivity contribution in [3.05, 3.63) is 65.7 Å². The van der Waals surface area contributed by atoms with E-state index in [0.717, 1.165) is 25.0 Å². The number of hydrogen-bond acceptors (Lipinski definition) is 1. The molecule has 0 saturated heterocycles. The molecule has 0 heterocycles. The molecule has 0 aliphatic rings. The first-order chi connectivity index (χ1) is 9.28. The normalized spacial score (nSPS) is 12.1. The van der Waals surface area contributed by atoms with E-state index in [1.807, 2.05) is 12.1 Å². The number of benzene rings is 2. The molecule has 0 bridgehead atoms. The number of rotatable bonds is 6. The van der Waals surface area contributed by atoms with Crippen LogP contribution in [0.1, 0.15) is 17.5 Å². The summed E-state index contributed by atoms with van der Waals surface area (Å²) in [5, 5.41) is 0. The maximum absolute atomic E-state index is 5.25. The molecule has 1 unspecified atom stereocenters. The van der Waals surface area contributed by atoms with Gasteiger partial charge in [0.25, 0.3) is 0 Å². The highest BCUT2D eigenvalue weighted by Gasteiger charge is 2.06. The second kappa shape index (κ2) is 7.34. The van der Waals surface area contributed by atoms with Crippen LogP contribution in [0.3, 0.4) is 0 Å². The Labute approximate surface area is 123 Å². The van der Waals surface area contributed by atoms with Crippen LogP contribution in [0.2, 0.25) is 0 Å². The van der Waals surface area contributed by atoms with Crippen molar-refractivity contribution in [2.45, 2.75) is 24.1 Å². The molecule has 100 valence electrons. The lowest BCUT2D eigenvalue weighted by molar-refractivity contribution is 0.414. The summed E-state index contributed by atoms with van der Waals surface area (Å²) in [6.45, 7) is 0. The summed E-state index contributed by atoms with van der Waals surface area (Å²) in [5.74, 6) is 0.931. The van der Waals surface area contributed by atoms with Gasteiger partial charge >= 0.3 is 0 Å². The minimum absolute atomic E-state index is 0.500. The van der Waals surface area contributed by atoms with E-state index in [1.54, 1.807) is 7.11 Å². The van der Waals surface area contributed by atoms with E-state index in [-0.39, 0.29) is 0 Å². The number of hydrogen-bond donors (Lipinski definition) is 0. The van der Waals surface area contributed by atoms with Gasteiger partial charge in [0.2, 0.25) is 0 Å². The van der Waals surface area contributed by atoms with E-state index < -0.39 is 0 Å². The van der Waals surface area contributed by atoms with Gasteiger partial charge in [-0.3, -0.25) is 0 Å². The monoisotopic (exact) mass is 318 g/mol. The molecule has 0 spiro atoms. The third kappa shape index (κ3) is 4.71. The Kier molecular flexibility index (Phi) is 5.46. The van der Waals surface area contributed by atoms with E-state index in [1.165, 1.54) is 11.1 Å². The Morgan fingerprint density at radius 2 is 1.74 bits per heavy atom. The smallest absolute Gasteiger partial charge is 0.119 e. The summed E-state index contributed by atoms with van der Waals surface area (Å²) >= 11 is 3.78. The van der Waals surface area contributed by atoms with Crippen LogP contribution >= 0.6 is 15.9 Å². The maximum atomic E-state index is 5.25. The molecule has 1 nitrogen and oxygen atoms in total. The lowest BCUT2D eigenvalue weighted by Gasteiger charge is -2.11. The van der Waals surface area contributed by atoms with Gasteiger partial charge < -0.3 is 4.74 Å². The van der Waals surface area contributed by atoms with Crippen molar-refractivity contribution in [3.63, 3.8) is 0 Å². The van der Waals surface area contributed by atoms with E-state index in [0.29, 0.717) is 4.83 Å². The molecule has 19 heavy (non-hydrogen) atoms. The quantitative estimate of drug-likeness (QED) is 0.705. The largest absolute Gasteiger partial charge is 0.497 e. The first-order valence-corrected chi connectivity index (χ1v) is 7.50. The highest BCUT2D eigenvalue weighted by Crippen LogP contribution is 2.19. The van der Waals surface area contributed by atoms with Crippen molar-refractivity contribution in [1.82, 2.24) is 0 Å². The Morgan fingerprint density at radius 1 is 1.00 bits per heavy atom. The molecular weight excluding hydrogens is 300 g/mol. The predicted molar refractivity (Wildman–Crippen MR) is 84.2 cm³/mol. The van der Waals surface area contributed by atoms with Crippen molar-refractivity contribution in [2.75, 3.05) is 7.11 Å². The number of methoxy groups -OCH3 is 1. The second-order valence-corrected chi connectivity index (χ2v) is 5.97. The average Bonchev–Trinajstić information content (AvgIpc) is 2.46. The molecule has 1 atom stereocenters. The first-order valence-electron chi connectivity index (χ1n) is 6.59. The molecule has 0 aliphatic carbocycles. The lowest BCUT2D eigenvalue weighted by atomic mass is 10.0. The Balaban J connectivity index is 1.85. The van der Waals surface area contributed by atoms with Crippen molar-refractivity contribution in [2.24, 2.45) is 0 Å². The molecule has 0 aliphatic heterocycles. The van der Waals surface area contributed by atoms with E-state index >= 15 is 0 Å². The molecule has 2 aromatic rings. The number of halogens is 1. The van der Waals surface area contributed by atoms with Gasteiger partial charge in [0, 0.05) is 4.83 Å². The molecule has 0 N–H and O–H groups in total. The summed E-state index contributed by atoms with van der Waals surface area (Å²) < 4.78 is 5.25. The molecule has 0 aromatic heterocycles. The summed E-state index contributed by atoms with van der Waals surface area (Å²) in [4.78, 5) is 0.500. The zero-order valence-corrected chi connectivity index (χ0v) is 12.8. The number of ether oxygens (including phenoxy) is 1. The first kappa shape index (κ1) is 14.1. The molecule has 0 fully saturated rings. The minimum Gasteiger partial charge on any atom is -0.497 e. The topological polar surface area (TPSA) is 9.23 Å². The fraction of sp³-hybridized carbons (Fsp3) is 0.294. The summed E-state index contributed by atoms with van der Waals surface area (Å²) in [6.07, 6.45) is 3.28. The maximum Gasteiger partial charge on any atom is 0.119 e. The lowest BCUT2D eigenvalue weighted by Crippen LogP contribution is -2.04. The van der Waals surface area contributed by atoms with Crippen molar-refractivity contribution in [1.29, 1.82) is 0 Å². The highest BCUT2D eigenvalue weighted by atomic mass is 79.9. The standard InChI is InChI=1S/C17H19BrO/c1-19-17-9-5-8-15(13-17)12-16(18)11-10-14-6-3-2-4-7-14/h2-9,13,16H,10-12H2,1H3. The van der Waals surface area contributed by atoms with Gasteiger partial charge in [-0.25, -0.2) is 0 Å². The second-order valence-electron chi connectivity index (χ2n) is 4.68. The van der Waals surface area contributed by atoms with Gasteiger partial charge in [0.05, 0.1) is 7.11 Å². The zero-order valence-electron chi connectivity index (χ0n) is 11.2. The van der Waals surface area contributed by atoms with Crippen molar-refractivity contribution in [3.8, 4) is 5.75 Å². The van der Waals surface area contributed by atoms with Crippen LogP contribution < -0.4 is 4.74 Å². The molecule has 2 heteroatoms. The van der Waals surface area contributed by atoms with Gasteiger partial charge in [0.1, 0.15) is 5.75 Å². The van der Waals surface area contributed by atoms with Gasteiger partial charge in [-0.05, 0) is 42.5 Å². The third-order valence-electron chi connectivity index (χ3n) is 3.18. The average molecular weight is 319 g/mol. The highest BCUT2D eigenvalue weighted by molar-refractivity contribution is 9.09. The minimum atomic E-state index is 0.500. The molecule has 2 rings (SSSR count). The van der Waals surface area contributed by atoms with Crippen LogP contribution in [0, 0.1) is 0 Å². The van der Waals surface area contributed by atoms with Crippen molar-refractivity contribution < 1.29 is 4.74 Å². The molecule has 2 aromatic carbocycles. The van der Waals surface area contributed by atoms with Gasteiger partial charge in [0.15, 0.2) is 0 Å². The third-order valence-corrected chi connectivity index (χ3v) is 3.96.